The lowest BCUT2D eigenvalue weighted by Gasteiger charge is -2.04. The van der Waals surface area contributed by atoms with E-state index < -0.39 is 5.97 Å². The van der Waals surface area contributed by atoms with Crippen molar-refractivity contribution in [3.63, 3.8) is 0 Å². The molecular formula is C14H16N2O2. The first-order chi connectivity index (χ1) is 8.47. The minimum Gasteiger partial charge on any atom is -0.481 e. The average Bonchev–Trinajstić information content (AvgIpc) is 2.58. The van der Waals surface area contributed by atoms with E-state index in [4.69, 9.17) is 5.11 Å². The Morgan fingerprint density at radius 3 is 2.67 bits per heavy atom. The molecule has 4 heteroatoms. The summed E-state index contributed by atoms with van der Waals surface area (Å²) in [5, 5.41) is 8.77. The lowest BCUT2D eigenvalue weighted by molar-refractivity contribution is -0.136. The minimum atomic E-state index is -0.879. The molecule has 0 amide bonds. The quantitative estimate of drug-likeness (QED) is 0.872. The SMILES string of the molecule is Cc1ccc(-c2nc(CC(=O)O)[nH]c2C)c(C)c1. The van der Waals surface area contributed by atoms with Gasteiger partial charge in [-0.3, -0.25) is 4.79 Å². The molecule has 1 heterocycles. The van der Waals surface area contributed by atoms with E-state index in [9.17, 15) is 4.79 Å². The molecule has 18 heavy (non-hydrogen) atoms. The molecule has 2 rings (SSSR count). The van der Waals surface area contributed by atoms with E-state index in [1.54, 1.807) is 0 Å². The van der Waals surface area contributed by atoms with E-state index in [0.29, 0.717) is 5.82 Å². The lowest BCUT2D eigenvalue weighted by Crippen LogP contribution is -2.01. The number of carboxylic acid groups (broad SMARTS) is 1. The van der Waals surface area contributed by atoms with Crippen LogP contribution in [0, 0.1) is 20.8 Å². The second-order valence-electron chi connectivity index (χ2n) is 4.55. The highest BCUT2D eigenvalue weighted by Gasteiger charge is 2.12. The topological polar surface area (TPSA) is 66.0 Å². The van der Waals surface area contributed by atoms with Crippen LogP contribution >= 0.6 is 0 Å². The van der Waals surface area contributed by atoms with Gasteiger partial charge < -0.3 is 10.1 Å². The van der Waals surface area contributed by atoms with Crippen LogP contribution in [-0.2, 0) is 11.2 Å². The van der Waals surface area contributed by atoms with Gasteiger partial charge in [-0.05, 0) is 26.3 Å². The van der Waals surface area contributed by atoms with Crippen molar-refractivity contribution >= 4 is 5.97 Å². The Morgan fingerprint density at radius 1 is 1.33 bits per heavy atom. The maximum absolute atomic E-state index is 10.7. The van der Waals surface area contributed by atoms with Crippen molar-refractivity contribution in [1.29, 1.82) is 0 Å². The number of imidazole rings is 1. The molecule has 0 radical (unpaired) electrons. The summed E-state index contributed by atoms with van der Waals surface area (Å²) in [6.07, 6.45) is -0.0776. The van der Waals surface area contributed by atoms with Crippen LogP contribution < -0.4 is 0 Å². The predicted molar refractivity (Wildman–Crippen MR) is 69.6 cm³/mol. The summed E-state index contributed by atoms with van der Waals surface area (Å²) < 4.78 is 0. The summed E-state index contributed by atoms with van der Waals surface area (Å²) in [4.78, 5) is 18.1. The summed E-state index contributed by atoms with van der Waals surface area (Å²) in [7, 11) is 0. The monoisotopic (exact) mass is 244 g/mol. The Labute approximate surface area is 106 Å². The van der Waals surface area contributed by atoms with Gasteiger partial charge in [0.25, 0.3) is 0 Å². The molecule has 0 spiro atoms. The second kappa shape index (κ2) is 4.64. The fraction of sp³-hybridized carbons (Fsp3) is 0.286. The largest absolute Gasteiger partial charge is 0.481 e. The number of aromatic amines is 1. The Balaban J connectivity index is 2.44. The van der Waals surface area contributed by atoms with Gasteiger partial charge in [-0.2, -0.15) is 0 Å². The number of rotatable bonds is 3. The van der Waals surface area contributed by atoms with Crippen LogP contribution in [0.25, 0.3) is 11.3 Å². The molecule has 0 fully saturated rings. The number of nitrogens with one attached hydrogen (secondary N) is 1. The van der Waals surface area contributed by atoms with Gasteiger partial charge in [0.05, 0.1) is 5.69 Å². The van der Waals surface area contributed by atoms with Crippen LogP contribution in [-0.4, -0.2) is 21.0 Å². The standard InChI is InChI=1S/C14H16N2O2/c1-8-4-5-11(9(2)6-8)14-10(3)15-12(16-14)7-13(17)18/h4-6H,7H2,1-3H3,(H,15,16)(H,17,18). The summed E-state index contributed by atoms with van der Waals surface area (Å²) >= 11 is 0. The van der Waals surface area contributed by atoms with Crippen LogP contribution in [0.5, 0.6) is 0 Å². The maximum atomic E-state index is 10.7. The summed E-state index contributed by atoms with van der Waals surface area (Å²) in [6.45, 7) is 5.99. The smallest absolute Gasteiger partial charge is 0.311 e. The number of nitrogens with zero attached hydrogens (tertiary/aromatic N) is 1. The average molecular weight is 244 g/mol. The third kappa shape index (κ3) is 2.42. The zero-order valence-corrected chi connectivity index (χ0v) is 10.7. The van der Waals surface area contributed by atoms with Crippen molar-refractivity contribution in [3.05, 3.63) is 40.8 Å². The summed E-state index contributed by atoms with van der Waals surface area (Å²) in [6, 6.07) is 6.16. The van der Waals surface area contributed by atoms with Crippen molar-refractivity contribution in [2.45, 2.75) is 27.2 Å². The molecule has 2 N–H and O–H groups in total. The first-order valence-electron chi connectivity index (χ1n) is 5.82. The molecule has 2 aromatic rings. The van der Waals surface area contributed by atoms with Gasteiger partial charge in [-0.1, -0.05) is 23.8 Å². The van der Waals surface area contributed by atoms with Gasteiger partial charge in [0.1, 0.15) is 12.2 Å². The molecule has 0 aliphatic heterocycles. The number of benzene rings is 1. The first kappa shape index (κ1) is 12.4. The Morgan fingerprint density at radius 2 is 2.06 bits per heavy atom. The molecule has 0 saturated carbocycles. The van der Waals surface area contributed by atoms with Gasteiger partial charge in [0.15, 0.2) is 0 Å². The highest BCUT2D eigenvalue weighted by molar-refractivity contribution is 5.71. The molecule has 4 nitrogen and oxygen atoms in total. The number of carboxylic acids is 1. The van der Waals surface area contributed by atoms with Crippen molar-refractivity contribution in [3.8, 4) is 11.3 Å². The molecule has 0 aliphatic rings. The Hall–Kier alpha value is -2.10. The minimum absolute atomic E-state index is 0.0776. The number of aryl methyl sites for hydroxylation is 3. The maximum Gasteiger partial charge on any atom is 0.311 e. The fourth-order valence-electron chi connectivity index (χ4n) is 2.09. The first-order valence-corrected chi connectivity index (χ1v) is 5.82. The van der Waals surface area contributed by atoms with E-state index in [1.165, 1.54) is 5.56 Å². The fourth-order valence-corrected chi connectivity index (χ4v) is 2.09. The number of aromatic nitrogens is 2. The van der Waals surface area contributed by atoms with E-state index >= 15 is 0 Å². The van der Waals surface area contributed by atoms with Crippen LogP contribution in [0.15, 0.2) is 18.2 Å². The lowest BCUT2D eigenvalue weighted by atomic mass is 10.0. The van der Waals surface area contributed by atoms with E-state index in [2.05, 4.69) is 16.0 Å². The van der Waals surface area contributed by atoms with Crippen LogP contribution in [0.4, 0.5) is 0 Å². The molecule has 1 aromatic carbocycles. The van der Waals surface area contributed by atoms with E-state index in [0.717, 1.165) is 22.5 Å². The summed E-state index contributed by atoms with van der Waals surface area (Å²) in [5.41, 5.74) is 5.13. The van der Waals surface area contributed by atoms with Gasteiger partial charge in [-0.25, -0.2) is 4.98 Å². The number of H-pyrrole nitrogens is 1. The second-order valence-corrected chi connectivity index (χ2v) is 4.55. The molecule has 0 aliphatic carbocycles. The van der Waals surface area contributed by atoms with Crippen LogP contribution in [0.2, 0.25) is 0 Å². The van der Waals surface area contributed by atoms with E-state index in [1.807, 2.05) is 32.9 Å². The van der Waals surface area contributed by atoms with Crippen molar-refractivity contribution in [2.24, 2.45) is 0 Å². The van der Waals surface area contributed by atoms with Crippen LogP contribution in [0.3, 0.4) is 0 Å². The van der Waals surface area contributed by atoms with Gasteiger partial charge in [0.2, 0.25) is 0 Å². The van der Waals surface area contributed by atoms with Crippen molar-refractivity contribution < 1.29 is 9.90 Å². The Kier molecular flexibility index (Phi) is 3.19. The molecule has 94 valence electrons. The molecule has 0 saturated heterocycles. The van der Waals surface area contributed by atoms with Crippen molar-refractivity contribution in [2.75, 3.05) is 0 Å². The predicted octanol–water partition coefficient (Wildman–Crippen LogP) is 2.63. The number of carbonyl (C=O) groups is 1. The normalized spacial score (nSPS) is 10.6. The third-order valence-electron chi connectivity index (χ3n) is 2.89. The van der Waals surface area contributed by atoms with Gasteiger partial charge in [-0.15, -0.1) is 0 Å². The highest BCUT2D eigenvalue weighted by atomic mass is 16.4. The zero-order valence-electron chi connectivity index (χ0n) is 10.7. The Bertz CT molecular complexity index is 600. The molecule has 0 unspecified atom stereocenters. The molecule has 0 atom stereocenters. The van der Waals surface area contributed by atoms with Crippen molar-refractivity contribution in [1.82, 2.24) is 9.97 Å². The molecule has 0 bridgehead atoms. The molecule has 1 aromatic heterocycles. The van der Waals surface area contributed by atoms with E-state index in [-0.39, 0.29) is 6.42 Å². The number of hydrogen-bond donors (Lipinski definition) is 2. The molecular weight excluding hydrogens is 228 g/mol. The third-order valence-corrected chi connectivity index (χ3v) is 2.89. The van der Waals surface area contributed by atoms with Gasteiger partial charge >= 0.3 is 5.97 Å². The van der Waals surface area contributed by atoms with Crippen LogP contribution in [0.1, 0.15) is 22.6 Å². The summed E-state index contributed by atoms with van der Waals surface area (Å²) in [5.74, 6) is -0.383. The number of aliphatic carboxylic acids is 1. The number of hydrogen-bond acceptors (Lipinski definition) is 2. The highest BCUT2D eigenvalue weighted by Crippen LogP contribution is 2.25. The van der Waals surface area contributed by atoms with Gasteiger partial charge in [0, 0.05) is 11.3 Å². The zero-order chi connectivity index (χ0) is 13.3.